The van der Waals surface area contributed by atoms with E-state index in [4.69, 9.17) is 4.74 Å². The summed E-state index contributed by atoms with van der Waals surface area (Å²) in [7, 11) is 0. The van der Waals surface area contributed by atoms with Gasteiger partial charge in [0.1, 0.15) is 12.3 Å². The van der Waals surface area contributed by atoms with Crippen LogP contribution in [0.25, 0.3) is 5.65 Å². The van der Waals surface area contributed by atoms with Gasteiger partial charge in [-0.3, -0.25) is 18.8 Å². The molecule has 138 valence electrons. The van der Waals surface area contributed by atoms with Gasteiger partial charge in [-0.05, 0) is 30.7 Å². The lowest BCUT2D eigenvalue weighted by Gasteiger charge is -2.07. The Morgan fingerprint density at radius 1 is 1.07 bits per heavy atom. The standard InChI is InChI=1S/C20H19N3O4/c24-18-13-16(22-17-9-4-5-12-23(17)18)14-27-19(25)10-6-11-21-20(26)15-7-2-1-3-8-15/h1-5,7-9,12-13H,6,10-11,14H2,(H,21,26). The van der Waals surface area contributed by atoms with Crippen LogP contribution < -0.4 is 10.9 Å². The van der Waals surface area contributed by atoms with Crippen LogP contribution in [0.5, 0.6) is 0 Å². The van der Waals surface area contributed by atoms with Crippen LogP contribution in [-0.2, 0) is 16.1 Å². The lowest BCUT2D eigenvalue weighted by molar-refractivity contribution is -0.145. The third-order valence-electron chi connectivity index (χ3n) is 3.88. The zero-order valence-electron chi connectivity index (χ0n) is 14.6. The van der Waals surface area contributed by atoms with Crippen molar-refractivity contribution in [2.45, 2.75) is 19.4 Å². The fraction of sp³-hybridized carbons (Fsp3) is 0.200. The van der Waals surface area contributed by atoms with Crippen LogP contribution in [0.1, 0.15) is 28.9 Å². The van der Waals surface area contributed by atoms with Crippen LogP contribution in [0.4, 0.5) is 0 Å². The number of nitrogens with one attached hydrogen (secondary N) is 1. The van der Waals surface area contributed by atoms with Crippen molar-refractivity contribution in [3.05, 3.63) is 82.4 Å². The van der Waals surface area contributed by atoms with Gasteiger partial charge in [-0.2, -0.15) is 0 Å². The number of carbonyl (C=O) groups is 2. The average Bonchev–Trinajstić information content (AvgIpc) is 2.70. The molecule has 0 radical (unpaired) electrons. The largest absolute Gasteiger partial charge is 0.459 e. The van der Waals surface area contributed by atoms with Gasteiger partial charge in [0.25, 0.3) is 11.5 Å². The first-order chi connectivity index (χ1) is 13.1. The Morgan fingerprint density at radius 2 is 1.85 bits per heavy atom. The molecule has 0 spiro atoms. The molecule has 0 saturated heterocycles. The number of esters is 1. The maximum atomic E-state index is 12.0. The molecular weight excluding hydrogens is 346 g/mol. The summed E-state index contributed by atoms with van der Waals surface area (Å²) in [5.41, 5.74) is 1.25. The van der Waals surface area contributed by atoms with Gasteiger partial charge < -0.3 is 10.1 Å². The fourth-order valence-electron chi connectivity index (χ4n) is 2.53. The summed E-state index contributed by atoms with van der Waals surface area (Å²) in [5.74, 6) is -0.580. The fourth-order valence-corrected chi connectivity index (χ4v) is 2.53. The second-order valence-electron chi connectivity index (χ2n) is 5.90. The van der Waals surface area contributed by atoms with Gasteiger partial charge in [0, 0.05) is 30.8 Å². The van der Waals surface area contributed by atoms with Gasteiger partial charge in [-0.1, -0.05) is 24.3 Å². The molecule has 0 atom stereocenters. The maximum Gasteiger partial charge on any atom is 0.306 e. The van der Waals surface area contributed by atoms with Crippen LogP contribution >= 0.6 is 0 Å². The van der Waals surface area contributed by atoms with Gasteiger partial charge in [-0.15, -0.1) is 0 Å². The van der Waals surface area contributed by atoms with Crippen LogP contribution in [0.15, 0.2) is 65.6 Å². The first-order valence-electron chi connectivity index (χ1n) is 8.60. The molecular formula is C20H19N3O4. The molecule has 0 aliphatic heterocycles. The van der Waals surface area contributed by atoms with Crippen molar-refractivity contribution in [1.29, 1.82) is 0 Å². The Morgan fingerprint density at radius 3 is 2.67 bits per heavy atom. The lowest BCUT2D eigenvalue weighted by atomic mass is 10.2. The van der Waals surface area contributed by atoms with E-state index >= 15 is 0 Å². The predicted molar refractivity (Wildman–Crippen MR) is 99.3 cm³/mol. The van der Waals surface area contributed by atoms with Crippen LogP contribution in [0.3, 0.4) is 0 Å². The highest BCUT2D eigenvalue weighted by Crippen LogP contribution is 2.02. The molecule has 0 fully saturated rings. The van der Waals surface area contributed by atoms with E-state index in [1.54, 1.807) is 48.7 Å². The van der Waals surface area contributed by atoms with Crippen molar-refractivity contribution in [2.24, 2.45) is 0 Å². The number of carbonyl (C=O) groups excluding carboxylic acids is 2. The lowest BCUT2D eigenvalue weighted by Crippen LogP contribution is -2.25. The van der Waals surface area contributed by atoms with Gasteiger partial charge in [0.05, 0.1) is 5.69 Å². The third kappa shape index (κ3) is 5.01. The molecule has 3 rings (SSSR count). The van der Waals surface area contributed by atoms with Gasteiger partial charge in [-0.25, -0.2) is 4.98 Å². The third-order valence-corrected chi connectivity index (χ3v) is 3.88. The Hall–Kier alpha value is -3.48. The van der Waals surface area contributed by atoms with Crippen molar-refractivity contribution in [1.82, 2.24) is 14.7 Å². The van der Waals surface area contributed by atoms with Crippen LogP contribution in [-0.4, -0.2) is 27.8 Å². The monoisotopic (exact) mass is 365 g/mol. The maximum absolute atomic E-state index is 12.0. The van der Waals surface area contributed by atoms with Crippen molar-refractivity contribution < 1.29 is 14.3 Å². The molecule has 1 N–H and O–H groups in total. The number of hydrogen-bond acceptors (Lipinski definition) is 5. The summed E-state index contributed by atoms with van der Waals surface area (Å²) in [6.45, 7) is 0.314. The Kier molecular flexibility index (Phi) is 5.94. The summed E-state index contributed by atoms with van der Waals surface area (Å²) in [6.07, 6.45) is 2.26. The van der Waals surface area contributed by atoms with E-state index in [9.17, 15) is 14.4 Å². The molecule has 2 aromatic heterocycles. The summed E-state index contributed by atoms with van der Waals surface area (Å²) >= 11 is 0. The number of nitrogens with zero attached hydrogens (tertiary/aromatic N) is 2. The Labute approximate surface area is 155 Å². The highest BCUT2D eigenvalue weighted by atomic mass is 16.5. The van der Waals surface area contributed by atoms with Gasteiger partial charge in [0.2, 0.25) is 0 Å². The molecule has 1 amide bonds. The summed E-state index contributed by atoms with van der Waals surface area (Å²) in [4.78, 5) is 40.0. The summed E-state index contributed by atoms with van der Waals surface area (Å²) in [6, 6.07) is 15.4. The molecule has 0 aliphatic rings. The number of amides is 1. The number of pyridine rings is 1. The first kappa shape index (κ1) is 18.3. The molecule has 0 unspecified atom stereocenters. The molecule has 27 heavy (non-hydrogen) atoms. The molecule has 0 saturated carbocycles. The molecule has 3 aromatic rings. The average molecular weight is 365 g/mol. The topological polar surface area (TPSA) is 89.8 Å². The number of ether oxygens (including phenoxy) is 1. The van der Waals surface area contributed by atoms with Crippen molar-refractivity contribution in [3.63, 3.8) is 0 Å². The van der Waals surface area contributed by atoms with E-state index in [1.807, 2.05) is 6.07 Å². The van der Waals surface area contributed by atoms with Crippen LogP contribution in [0, 0.1) is 0 Å². The number of benzene rings is 1. The van der Waals surface area contributed by atoms with E-state index in [1.165, 1.54) is 10.5 Å². The van der Waals surface area contributed by atoms with Crippen LogP contribution in [0.2, 0.25) is 0 Å². The molecule has 2 heterocycles. The SMILES string of the molecule is O=C(CCCNC(=O)c1ccccc1)OCc1cc(=O)n2ccccc2n1. The number of rotatable bonds is 7. The highest BCUT2D eigenvalue weighted by Gasteiger charge is 2.08. The predicted octanol–water partition coefficient (Wildman–Crippen LogP) is 1.95. The zero-order chi connectivity index (χ0) is 19.1. The van der Waals surface area contributed by atoms with E-state index in [0.29, 0.717) is 29.9 Å². The van der Waals surface area contributed by atoms with Gasteiger partial charge in [0.15, 0.2) is 0 Å². The van der Waals surface area contributed by atoms with E-state index < -0.39 is 5.97 Å². The van der Waals surface area contributed by atoms with E-state index in [0.717, 1.165) is 0 Å². The first-order valence-corrected chi connectivity index (χ1v) is 8.60. The molecule has 0 bridgehead atoms. The summed E-state index contributed by atoms with van der Waals surface area (Å²) < 4.78 is 6.58. The Balaban J connectivity index is 1.42. The molecule has 7 heteroatoms. The zero-order valence-corrected chi connectivity index (χ0v) is 14.6. The summed E-state index contributed by atoms with van der Waals surface area (Å²) in [5, 5.41) is 2.75. The normalized spacial score (nSPS) is 10.5. The molecule has 0 aliphatic carbocycles. The highest BCUT2D eigenvalue weighted by molar-refractivity contribution is 5.94. The molecule has 7 nitrogen and oxygen atoms in total. The minimum absolute atomic E-state index is 0.0597. The quantitative estimate of drug-likeness (QED) is 0.511. The van der Waals surface area contributed by atoms with Crippen molar-refractivity contribution >= 4 is 17.5 Å². The smallest absolute Gasteiger partial charge is 0.306 e. The number of aromatic nitrogens is 2. The van der Waals surface area contributed by atoms with Crippen molar-refractivity contribution in [3.8, 4) is 0 Å². The molecule has 1 aromatic carbocycles. The van der Waals surface area contributed by atoms with Gasteiger partial charge >= 0.3 is 5.97 Å². The second kappa shape index (κ2) is 8.75. The number of fused-ring (bicyclic) bond motifs is 1. The second-order valence-corrected chi connectivity index (χ2v) is 5.90. The van der Waals surface area contributed by atoms with Crippen molar-refractivity contribution in [2.75, 3.05) is 6.54 Å². The van der Waals surface area contributed by atoms with E-state index in [2.05, 4.69) is 10.3 Å². The Bertz CT molecular complexity index is 999. The number of hydrogen-bond donors (Lipinski definition) is 1. The minimum atomic E-state index is -0.404. The minimum Gasteiger partial charge on any atom is -0.459 e. The van der Waals surface area contributed by atoms with E-state index in [-0.39, 0.29) is 24.5 Å².